The molecule has 1 rings (SSSR count). The summed E-state index contributed by atoms with van der Waals surface area (Å²) in [4.78, 5) is 0. The lowest BCUT2D eigenvalue weighted by atomic mass is 10.3. The molecule has 3 nitrogen and oxygen atoms in total. The molecule has 68 valence electrons. The minimum Gasteiger partial charge on any atom is -0.385 e. The van der Waals surface area contributed by atoms with Gasteiger partial charge in [-0.1, -0.05) is 0 Å². The van der Waals surface area contributed by atoms with Crippen LogP contribution in [0.3, 0.4) is 0 Å². The molecular weight excluding hydrogens is 166 g/mol. The van der Waals surface area contributed by atoms with Gasteiger partial charge in [0.1, 0.15) is 6.23 Å². The first kappa shape index (κ1) is 11.2. The molecule has 0 aromatic rings. The van der Waals surface area contributed by atoms with Gasteiger partial charge < -0.3 is 9.47 Å². The number of halogens is 1. The third kappa shape index (κ3) is 4.58. The maximum absolute atomic E-state index is 5.33. The fourth-order valence-electron chi connectivity index (χ4n) is 1.08. The molecule has 1 aliphatic heterocycles. The first-order valence-corrected chi connectivity index (χ1v) is 3.77. The van der Waals surface area contributed by atoms with Crippen LogP contribution >= 0.6 is 12.4 Å². The van der Waals surface area contributed by atoms with Crippen LogP contribution in [0.15, 0.2) is 0 Å². The molecule has 0 spiro atoms. The van der Waals surface area contributed by atoms with Gasteiger partial charge in [-0.25, -0.2) is 0 Å². The quantitative estimate of drug-likeness (QED) is 0.651. The van der Waals surface area contributed by atoms with Gasteiger partial charge in [0.05, 0.1) is 6.61 Å². The molecule has 0 radical (unpaired) electrons. The van der Waals surface area contributed by atoms with Gasteiger partial charge in [0.15, 0.2) is 0 Å². The van der Waals surface area contributed by atoms with E-state index in [-0.39, 0.29) is 18.6 Å². The number of nitrogens with one attached hydrogen (secondary N) is 1. The third-order valence-electron chi connectivity index (χ3n) is 1.61. The van der Waals surface area contributed by atoms with Gasteiger partial charge >= 0.3 is 0 Å². The Morgan fingerprint density at radius 3 is 3.00 bits per heavy atom. The highest BCUT2D eigenvalue weighted by Crippen LogP contribution is 2.02. The van der Waals surface area contributed by atoms with E-state index < -0.39 is 0 Å². The van der Waals surface area contributed by atoms with Crippen molar-refractivity contribution >= 4 is 12.4 Å². The summed E-state index contributed by atoms with van der Waals surface area (Å²) in [6.07, 6.45) is 2.43. The average Bonchev–Trinajstić information content (AvgIpc) is 2.41. The van der Waals surface area contributed by atoms with Crippen molar-refractivity contribution in [2.45, 2.75) is 19.1 Å². The number of methoxy groups -OCH3 is 1. The molecule has 0 aliphatic carbocycles. The highest BCUT2D eigenvalue weighted by atomic mass is 35.5. The monoisotopic (exact) mass is 181 g/mol. The molecule has 1 atom stereocenters. The Bertz CT molecular complexity index is 86.5. The maximum Gasteiger partial charge on any atom is 0.108 e. The summed E-state index contributed by atoms with van der Waals surface area (Å²) in [5, 5.41) is 3.24. The number of ether oxygens (including phenoxy) is 2. The molecule has 11 heavy (non-hydrogen) atoms. The molecule has 1 aliphatic rings. The summed E-state index contributed by atoms with van der Waals surface area (Å²) >= 11 is 0. The number of hydrogen-bond donors (Lipinski definition) is 1. The van der Waals surface area contributed by atoms with Crippen LogP contribution in [0.5, 0.6) is 0 Å². The molecule has 1 N–H and O–H groups in total. The number of rotatable bonds is 4. The molecule has 1 fully saturated rings. The Balaban J connectivity index is 0.000001000. The van der Waals surface area contributed by atoms with Gasteiger partial charge in [-0.05, 0) is 12.8 Å². The third-order valence-corrected chi connectivity index (χ3v) is 1.61. The lowest BCUT2D eigenvalue weighted by Crippen LogP contribution is -2.22. The largest absolute Gasteiger partial charge is 0.385 e. The Hall–Kier alpha value is 0.170. The Kier molecular flexibility index (Phi) is 6.96. The van der Waals surface area contributed by atoms with Crippen molar-refractivity contribution < 1.29 is 9.47 Å². The van der Waals surface area contributed by atoms with Crippen molar-refractivity contribution in [3.05, 3.63) is 0 Å². The maximum atomic E-state index is 5.33. The molecule has 1 saturated heterocycles. The second-order valence-corrected chi connectivity index (χ2v) is 2.45. The lowest BCUT2D eigenvalue weighted by molar-refractivity contribution is 0.0829. The molecule has 4 heteroatoms. The van der Waals surface area contributed by atoms with E-state index in [1.165, 1.54) is 0 Å². The molecular formula is C7H16ClNO2. The van der Waals surface area contributed by atoms with Crippen molar-refractivity contribution in [1.29, 1.82) is 0 Å². The van der Waals surface area contributed by atoms with E-state index in [2.05, 4.69) is 5.32 Å². The molecule has 1 unspecified atom stereocenters. The van der Waals surface area contributed by atoms with Crippen molar-refractivity contribution in [3.8, 4) is 0 Å². The Labute approximate surface area is 73.9 Å². The van der Waals surface area contributed by atoms with Gasteiger partial charge in [0.25, 0.3) is 0 Å². The molecule has 0 saturated carbocycles. The smallest absolute Gasteiger partial charge is 0.108 e. The fraction of sp³-hybridized carbons (Fsp3) is 1.00. The summed E-state index contributed by atoms with van der Waals surface area (Å²) in [6, 6.07) is 0. The van der Waals surface area contributed by atoms with E-state index >= 15 is 0 Å². The summed E-state index contributed by atoms with van der Waals surface area (Å²) in [5.41, 5.74) is 0. The van der Waals surface area contributed by atoms with Crippen molar-refractivity contribution in [3.63, 3.8) is 0 Å². The normalized spacial score (nSPS) is 23.2. The first-order valence-electron chi connectivity index (χ1n) is 3.77. The zero-order valence-corrected chi connectivity index (χ0v) is 7.65. The van der Waals surface area contributed by atoms with E-state index in [0.29, 0.717) is 0 Å². The number of hydrogen-bond acceptors (Lipinski definition) is 3. The highest BCUT2D eigenvalue weighted by Gasteiger charge is 2.12. The van der Waals surface area contributed by atoms with Gasteiger partial charge in [0.2, 0.25) is 0 Å². The topological polar surface area (TPSA) is 30.5 Å². The molecule has 0 aromatic heterocycles. The van der Waals surface area contributed by atoms with E-state index in [9.17, 15) is 0 Å². The van der Waals surface area contributed by atoms with Crippen LogP contribution in [-0.4, -0.2) is 33.1 Å². The average molecular weight is 182 g/mol. The van der Waals surface area contributed by atoms with E-state index in [0.717, 1.165) is 32.6 Å². The molecule has 0 aromatic carbocycles. The van der Waals surface area contributed by atoms with Crippen LogP contribution in [0.1, 0.15) is 12.8 Å². The van der Waals surface area contributed by atoms with E-state index in [1.807, 2.05) is 0 Å². The molecule has 0 amide bonds. The van der Waals surface area contributed by atoms with Crippen molar-refractivity contribution in [2.75, 3.05) is 26.9 Å². The zero-order valence-electron chi connectivity index (χ0n) is 6.84. The SMILES string of the molecule is COCCCC1NCCO1.Cl. The predicted octanol–water partition coefficient (Wildman–Crippen LogP) is 0.781. The highest BCUT2D eigenvalue weighted by molar-refractivity contribution is 5.85. The Morgan fingerprint density at radius 1 is 1.64 bits per heavy atom. The fourth-order valence-corrected chi connectivity index (χ4v) is 1.08. The van der Waals surface area contributed by atoms with Gasteiger partial charge in [-0.2, -0.15) is 0 Å². The summed E-state index contributed by atoms with van der Waals surface area (Å²) < 4.78 is 10.3. The van der Waals surface area contributed by atoms with Gasteiger partial charge in [-0.3, -0.25) is 5.32 Å². The Morgan fingerprint density at radius 2 is 2.45 bits per heavy atom. The van der Waals surface area contributed by atoms with Crippen molar-refractivity contribution in [2.24, 2.45) is 0 Å². The predicted molar refractivity (Wildman–Crippen MR) is 46.1 cm³/mol. The van der Waals surface area contributed by atoms with Crippen LogP contribution in [0.4, 0.5) is 0 Å². The van der Waals surface area contributed by atoms with E-state index in [4.69, 9.17) is 9.47 Å². The minimum absolute atomic E-state index is 0. The van der Waals surface area contributed by atoms with Crippen LogP contribution in [-0.2, 0) is 9.47 Å². The summed E-state index contributed by atoms with van der Waals surface area (Å²) in [7, 11) is 1.73. The second kappa shape index (κ2) is 6.85. The van der Waals surface area contributed by atoms with Crippen molar-refractivity contribution in [1.82, 2.24) is 5.32 Å². The van der Waals surface area contributed by atoms with Crippen LogP contribution in [0.25, 0.3) is 0 Å². The van der Waals surface area contributed by atoms with Crippen LogP contribution in [0, 0.1) is 0 Å². The van der Waals surface area contributed by atoms with Crippen LogP contribution < -0.4 is 5.32 Å². The minimum atomic E-state index is 0. The molecule has 1 heterocycles. The lowest BCUT2D eigenvalue weighted by Gasteiger charge is -2.07. The first-order chi connectivity index (χ1) is 4.93. The standard InChI is InChI=1S/C7H15NO2.ClH/c1-9-5-2-3-7-8-4-6-10-7;/h7-8H,2-6H2,1H3;1H. The van der Waals surface area contributed by atoms with Gasteiger partial charge in [0, 0.05) is 20.3 Å². The van der Waals surface area contributed by atoms with Crippen LogP contribution in [0.2, 0.25) is 0 Å². The zero-order chi connectivity index (χ0) is 7.23. The summed E-state index contributed by atoms with van der Waals surface area (Å²) in [6.45, 7) is 2.69. The molecule has 0 bridgehead atoms. The summed E-state index contributed by atoms with van der Waals surface area (Å²) in [5.74, 6) is 0. The second-order valence-electron chi connectivity index (χ2n) is 2.45. The van der Waals surface area contributed by atoms with E-state index in [1.54, 1.807) is 7.11 Å². The van der Waals surface area contributed by atoms with Gasteiger partial charge in [-0.15, -0.1) is 12.4 Å².